The largest absolute Gasteiger partial charge is 0.290 e. The second kappa shape index (κ2) is 3.34. The summed E-state index contributed by atoms with van der Waals surface area (Å²) in [6, 6.07) is 4.55. The Bertz CT molecular complexity index is 385. The fourth-order valence-corrected chi connectivity index (χ4v) is 2.23. The normalized spacial score (nSPS) is 16.9. The number of fused-ring (bicyclic) bond motifs is 1. The van der Waals surface area contributed by atoms with E-state index in [4.69, 9.17) is 0 Å². The van der Waals surface area contributed by atoms with Crippen LogP contribution in [0.25, 0.3) is 0 Å². The molecule has 2 rings (SSSR count). The Kier molecular flexibility index (Phi) is 2.38. The predicted octanol–water partition coefficient (Wildman–Crippen LogP) is 3.42. The molecule has 82 valence electrons. The van der Waals surface area contributed by atoms with E-state index in [2.05, 4.69) is 51.7 Å². The van der Waals surface area contributed by atoms with Crippen molar-refractivity contribution in [3.8, 4) is 0 Å². The van der Waals surface area contributed by atoms with Crippen molar-refractivity contribution in [2.75, 3.05) is 0 Å². The van der Waals surface area contributed by atoms with Gasteiger partial charge in [-0.1, -0.05) is 12.1 Å². The van der Waals surface area contributed by atoms with Gasteiger partial charge in [0.25, 0.3) is 0 Å². The Morgan fingerprint density at radius 2 is 1.73 bits per heavy atom. The van der Waals surface area contributed by atoms with Crippen LogP contribution >= 0.6 is 0 Å². The van der Waals surface area contributed by atoms with Gasteiger partial charge in [0.05, 0.1) is 0 Å². The number of aryl methyl sites for hydroxylation is 1. The third-order valence-corrected chi connectivity index (χ3v) is 3.63. The number of hydrogen-bond donors (Lipinski definition) is 0. The molecule has 0 amide bonds. The molecule has 1 aliphatic heterocycles. The molecule has 0 saturated heterocycles. The lowest BCUT2D eigenvalue weighted by atomic mass is 10.00. The highest BCUT2D eigenvalue weighted by Crippen LogP contribution is 2.31. The van der Waals surface area contributed by atoms with Gasteiger partial charge in [0.15, 0.2) is 0 Å². The maximum atomic E-state index is 2.55. The summed E-state index contributed by atoms with van der Waals surface area (Å²) >= 11 is 0. The van der Waals surface area contributed by atoms with E-state index in [9.17, 15) is 0 Å². The van der Waals surface area contributed by atoms with Crippen LogP contribution < -0.4 is 0 Å². The fourth-order valence-electron chi connectivity index (χ4n) is 2.23. The van der Waals surface area contributed by atoms with Gasteiger partial charge in [-0.3, -0.25) is 4.90 Å². The molecule has 0 saturated carbocycles. The minimum Gasteiger partial charge on any atom is -0.290 e. The van der Waals surface area contributed by atoms with Gasteiger partial charge in [-0.15, -0.1) is 0 Å². The van der Waals surface area contributed by atoms with E-state index in [1.165, 1.54) is 16.7 Å². The van der Waals surface area contributed by atoms with Crippen molar-refractivity contribution < 1.29 is 0 Å². The molecule has 1 aromatic carbocycles. The Morgan fingerprint density at radius 3 is 2.33 bits per heavy atom. The second-order valence-electron chi connectivity index (χ2n) is 5.67. The van der Waals surface area contributed by atoms with Crippen LogP contribution in [0.15, 0.2) is 12.1 Å². The molecule has 0 aliphatic carbocycles. The van der Waals surface area contributed by atoms with Crippen LogP contribution in [0.5, 0.6) is 0 Å². The van der Waals surface area contributed by atoms with E-state index in [1.807, 2.05) is 0 Å². The molecule has 0 atom stereocenters. The lowest BCUT2D eigenvalue weighted by molar-refractivity contribution is 0.136. The summed E-state index contributed by atoms with van der Waals surface area (Å²) in [5.41, 5.74) is 6.26. The van der Waals surface area contributed by atoms with Crippen LogP contribution in [-0.4, -0.2) is 10.4 Å². The van der Waals surface area contributed by atoms with Crippen molar-refractivity contribution in [3.63, 3.8) is 0 Å². The lowest BCUT2D eigenvalue weighted by Gasteiger charge is -2.31. The monoisotopic (exact) mass is 203 g/mol. The molecule has 1 heteroatoms. The maximum absolute atomic E-state index is 2.55. The summed E-state index contributed by atoms with van der Waals surface area (Å²) in [6.45, 7) is 13.6. The van der Waals surface area contributed by atoms with Gasteiger partial charge in [-0.05, 0) is 56.9 Å². The van der Waals surface area contributed by atoms with Crippen LogP contribution in [0.4, 0.5) is 0 Å². The third-order valence-electron chi connectivity index (χ3n) is 3.63. The van der Waals surface area contributed by atoms with E-state index in [0.29, 0.717) is 0 Å². The topological polar surface area (TPSA) is 3.24 Å². The Morgan fingerprint density at radius 1 is 1.07 bits per heavy atom. The van der Waals surface area contributed by atoms with Crippen LogP contribution in [-0.2, 0) is 13.1 Å². The molecule has 1 aliphatic rings. The van der Waals surface area contributed by atoms with E-state index in [1.54, 1.807) is 5.56 Å². The zero-order chi connectivity index (χ0) is 11.2. The highest BCUT2D eigenvalue weighted by Gasteiger charge is 2.28. The van der Waals surface area contributed by atoms with Gasteiger partial charge in [0, 0.05) is 18.6 Å². The molecule has 1 heterocycles. The molecule has 1 nitrogen and oxygen atoms in total. The summed E-state index contributed by atoms with van der Waals surface area (Å²) in [5.74, 6) is 0. The van der Waals surface area contributed by atoms with Gasteiger partial charge < -0.3 is 0 Å². The van der Waals surface area contributed by atoms with E-state index in [0.717, 1.165) is 13.1 Å². The third kappa shape index (κ3) is 1.81. The molecular formula is C14H21N. The molecule has 15 heavy (non-hydrogen) atoms. The van der Waals surface area contributed by atoms with Crippen molar-refractivity contribution >= 4 is 0 Å². The second-order valence-corrected chi connectivity index (χ2v) is 5.67. The highest BCUT2D eigenvalue weighted by molar-refractivity contribution is 5.42. The molecular weight excluding hydrogens is 182 g/mol. The Hall–Kier alpha value is -0.820. The summed E-state index contributed by atoms with van der Waals surface area (Å²) in [5, 5.41) is 0. The molecule has 0 aromatic heterocycles. The van der Waals surface area contributed by atoms with Gasteiger partial charge >= 0.3 is 0 Å². The lowest BCUT2D eigenvalue weighted by Crippen LogP contribution is -2.36. The molecule has 0 fully saturated rings. The van der Waals surface area contributed by atoms with E-state index < -0.39 is 0 Å². The first kappa shape index (κ1) is 10.7. The molecule has 0 bridgehead atoms. The molecule has 0 N–H and O–H groups in total. The van der Waals surface area contributed by atoms with Gasteiger partial charge in [0.1, 0.15) is 0 Å². The average Bonchev–Trinajstić information content (AvgIpc) is 2.55. The summed E-state index contributed by atoms with van der Waals surface area (Å²) in [4.78, 5) is 2.55. The van der Waals surface area contributed by atoms with E-state index >= 15 is 0 Å². The minimum absolute atomic E-state index is 0.277. The predicted molar refractivity (Wildman–Crippen MR) is 64.9 cm³/mol. The first-order chi connectivity index (χ1) is 6.89. The molecule has 0 spiro atoms. The molecule has 0 radical (unpaired) electrons. The van der Waals surface area contributed by atoms with Gasteiger partial charge in [-0.25, -0.2) is 0 Å². The number of benzene rings is 1. The van der Waals surface area contributed by atoms with Gasteiger partial charge in [0.2, 0.25) is 0 Å². The Balaban J connectivity index is 2.36. The van der Waals surface area contributed by atoms with Crippen molar-refractivity contribution in [2.24, 2.45) is 0 Å². The number of rotatable bonds is 0. The molecule has 1 aromatic rings. The summed E-state index contributed by atoms with van der Waals surface area (Å²) < 4.78 is 0. The highest BCUT2D eigenvalue weighted by atomic mass is 15.2. The SMILES string of the molecule is Cc1ccc2c(c1C)CN(C(C)(C)C)C2. The smallest absolute Gasteiger partial charge is 0.0248 e. The zero-order valence-corrected chi connectivity index (χ0v) is 10.5. The van der Waals surface area contributed by atoms with Crippen molar-refractivity contribution in [1.82, 2.24) is 4.90 Å². The minimum atomic E-state index is 0.277. The number of hydrogen-bond acceptors (Lipinski definition) is 1. The molecule has 0 unspecified atom stereocenters. The quantitative estimate of drug-likeness (QED) is 0.624. The zero-order valence-electron chi connectivity index (χ0n) is 10.5. The first-order valence-electron chi connectivity index (χ1n) is 5.72. The van der Waals surface area contributed by atoms with Crippen LogP contribution in [0.2, 0.25) is 0 Å². The fraction of sp³-hybridized carbons (Fsp3) is 0.571. The van der Waals surface area contributed by atoms with Crippen LogP contribution in [0, 0.1) is 13.8 Å². The summed E-state index contributed by atoms with van der Waals surface area (Å²) in [7, 11) is 0. The van der Waals surface area contributed by atoms with E-state index in [-0.39, 0.29) is 5.54 Å². The first-order valence-corrected chi connectivity index (χ1v) is 5.72. The van der Waals surface area contributed by atoms with Crippen LogP contribution in [0.3, 0.4) is 0 Å². The van der Waals surface area contributed by atoms with Crippen LogP contribution in [0.1, 0.15) is 43.0 Å². The standard InChI is InChI=1S/C14H21N/c1-10-6-7-12-8-15(14(3,4)5)9-13(12)11(10)2/h6-7H,8-9H2,1-5H3. The average molecular weight is 203 g/mol. The van der Waals surface area contributed by atoms with Gasteiger partial charge in [-0.2, -0.15) is 0 Å². The summed E-state index contributed by atoms with van der Waals surface area (Å²) in [6.07, 6.45) is 0. The maximum Gasteiger partial charge on any atom is 0.0248 e. The van der Waals surface area contributed by atoms with Crippen molar-refractivity contribution in [3.05, 3.63) is 34.4 Å². The van der Waals surface area contributed by atoms with Crippen molar-refractivity contribution in [1.29, 1.82) is 0 Å². The number of nitrogens with zero attached hydrogens (tertiary/aromatic N) is 1. The Labute approximate surface area is 93.1 Å². The van der Waals surface area contributed by atoms with Crippen molar-refractivity contribution in [2.45, 2.75) is 53.2 Å².